The van der Waals surface area contributed by atoms with Crippen LogP contribution in [0.3, 0.4) is 0 Å². The highest BCUT2D eigenvalue weighted by molar-refractivity contribution is 5.91. The summed E-state index contributed by atoms with van der Waals surface area (Å²) in [5, 5.41) is 18.4. The molecule has 1 atom stereocenters. The summed E-state index contributed by atoms with van der Waals surface area (Å²) in [5.74, 6) is -2.54. The van der Waals surface area contributed by atoms with Crippen molar-refractivity contribution in [2.24, 2.45) is 0 Å². The zero-order valence-corrected chi connectivity index (χ0v) is 26.2. The summed E-state index contributed by atoms with van der Waals surface area (Å²) in [6, 6.07) is 17.7. The van der Waals surface area contributed by atoms with E-state index in [1.54, 1.807) is 63.2 Å². The molecule has 3 aromatic carbocycles. The van der Waals surface area contributed by atoms with Crippen molar-refractivity contribution >= 4 is 23.8 Å². The number of carbonyl (C=O) groups is 3. The van der Waals surface area contributed by atoms with E-state index in [-0.39, 0.29) is 41.9 Å². The molecule has 0 saturated carbocycles. The van der Waals surface area contributed by atoms with Gasteiger partial charge in [0, 0.05) is 23.7 Å². The van der Waals surface area contributed by atoms with Crippen LogP contribution in [0.15, 0.2) is 89.6 Å². The van der Waals surface area contributed by atoms with E-state index >= 15 is 4.39 Å². The van der Waals surface area contributed by atoms with Crippen LogP contribution < -0.4 is 10.6 Å². The molecule has 5 rings (SSSR count). The smallest absolute Gasteiger partial charge is 0.326 e. The van der Waals surface area contributed by atoms with Crippen molar-refractivity contribution in [2.75, 3.05) is 5.32 Å². The molecule has 13 heteroatoms. The predicted molar refractivity (Wildman–Crippen MR) is 172 cm³/mol. The van der Waals surface area contributed by atoms with Crippen molar-refractivity contribution in [2.45, 2.75) is 45.3 Å². The molecule has 0 bridgehead atoms. The lowest BCUT2D eigenvalue weighted by molar-refractivity contribution is -0.154. The highest BCUT2D eigenvalue weighted by Gasteiger charge is 2.23. The van der Waals surface area contributed by atoms with Crippen molar-refractivity contribution in [1.29, 1.82) is 0 Å². The molecular formula is C35H31F2N5O6. The average Bonchev–Trinajstić information content (AvgIpc) is 3.50. The maximum absolute atomic E-state index is 15.2. The van der Waals surface area contributed by atoms with Crippen molar-refractivity contribution in [1.82, 2.24) is 20.4 Å². The zero-order chi connectivity index (χ0) is 34.4. The topological polar surface area (TPSA) is 157 Å². The van der Waals surface area contributed by atoms with Crippen LogP contribution in [0.1, 0.15) is 31.9 Å². The van der Waals surface area contributed by atoms with E-state index in [1.807, 2.05) is 0 Å². The fourth-order valence-electron chi connectivity index (χ4n) is 4.68. The highest BCUT2D eigenvalue weighted by Crippen LogP contribution is 2.26. The molecule has 1 unspecified atom stereocenters. The molecule has 2 aromatic heterocycles. The lowest BCUT2D eigenvalue weighted by Gasteiger charge is -2.19. The molecule has 246 valence electrons. The Balaban J connectivity index is 1.19. The largest absolute Gasteiger partial charge is 0.480 e. The van der Waals surface area contributed by atoms with Gasteiger partial charge in [-0.15, -0.1) is 0 Å². The number of nitrogens with zero attached hydrogens (tertiary/aromatic N) is 3. The third kappa shape index (κ3) is 8.84. The third-order valence-electron chi connectivity index (χ3n) is 6.88. The first kappa shape index (κ1) is 33.4. The average molecular weight is 656 g/mol. The van der Waals surface area contributed by atoms with Gasteiger partial charge in [-0.25, -0.2) is 23.4 Å². The number of amides is 2. The lowest BCUT2D eigenvalue weighted by Crippen LogP contribution is -2.44. The summed E-state index contributed by atoms with van der Waals surface area (Å²) in [6.45, 7) is 5.38. The number of aliphatic carboxylic acids is 1. The Morgan fingerprint density at radius 3 is 2.29 bits per heavy atom. The second kappa shape index (κ2) is 14.2. The number of carboxylic acid groups (broad SMARTS) is 1. The van der Waals surface area contributed by atoms with E-state index in [9.17, 15) is 23.9 Å². The molecule has 0 aliphatic heterocycles. The molecule has 0 aliphatic carbocycles. The summed E-state index contributed by atoms with van der Waals surface area (Å²) in [5.41, 5.74) is 2.25. The minimum Gasteiger partial charge on any atom is -0.480 e. The number of pyridine rings is 1. The number of ether oxygens (including phenoxy) is 1. The minimum atomic E-state index is -1.39. The van der Waals surface area contributed by atoms with Gasteiger partial charge in [0.1, 0.15) is 29.1 Å². The molecule has 0 aliphatic rings. The summed E-state index contributed by atoms with van der Waals surface area (Å²) < 4.78 is 39.4. The van der Waals surface area contributed by atoms with Crippen molar-refractivity contribution in [3.63, 3.8) is 0 Å². The maximum atomic E-state index is 15.2. The second-order valence-corrected chi connectivity index (χ2v) is 11.8. The van der Waals surface area contributed by atoms with Gasteiger partial charge in [-0.05, 0) is 86.0 Å². The van der Waals surface area contributed by atoms with Crippen LogP contribution in [0.5, 0.6) is 0 Å². The molecule has 0 fully saturated rings. The molecule has 0 spiro atoms. The number of nitrogens with one attached hydrogen (secondary N) is 2. The first-order valence-corrected chi connectivity index (χ1v) is 14.8. The lowest BCUT2D eigenvalue weighted by atomic mass is 10.0. The zero-order valence-electron chi connectivity index (χ0n) is 26.2. The van der Waals surface area contributed by atoms with E-state index < -0.39 is 35.3 Å². The van der Waals surface area contributed by atoms with Gasteiger partial charge in [-0.1, -0.05) is 35.5 Å². The Kier molecular flexibility index (Phi) is 9.88. The minimum absolute atomic E-state index is 0.0184. The SMILES string of the molecule is CC(C)(C)OC(=O)Cc1ccc(-c2nc(-c3ccc(CC(NC(=O)Nc4ccc(-c5cccc(F)c5)cn4)C(=O)O)cc3F)no2)cc1. The van der Waals surface area contributed by atoms with Gasteiger partial charge < -0.3 is 19.7 Å². The number of rotatable bonds is 10. The molecular weight excluding hydrogens is 624 g/mol. The number of hydrogen-bond acceptors (Lipinski definition) is 8. The Bertz CT molecular complexity index is 1940. The van der Waals surface area contributed by atoms with E-state index in [0.717, 1.165) is 11.6 Å². The fourth-order valence-corrected chi connectivity index (χ4v) is 4.68. The van der Waals surface area contributed by atoms with Gasteiger partial charge in [0.2, 0.25) is 5.82 Å². The van der Waals surface area contributed by atoms with Crippen LogP contribution in [0, 0.1) is 11.6 Å². The standard InChI is InChI=1S/C35H31F2N5O6/c1-35(2,3)47-30(43)17-20-7-10-22(11-8-20)32-41-31(42-48-32)26-13-9-21(15-27(26)37)16-28(33(44)45)39-34(46)40-29-14-12-24(19-38-29)23-5-4-6-25(36)18-23/h4-15,18-19,28H,16-17H2,1-3H3,(H,44,45)(H2,38,39,40,46). The third-order valence-corrected chi connectivity index (χ3v) is 6.88. The maximum Gasteiger partial charge on any atom is 0.326 e. The van der Waals surface area contributed by atoms with Crippen LogP contribution in [-0.2, 0) is 27.2 Å². The summed E-state index contributed by atoms with van der Waals surface area (Å²) >= 11 is 0. The summed E-state index contributed by atoms with van der Waals surface area (Å²) in [6.07, 6.45) is 1.32. The molecule has 0 radical (unpaired) electrons. The Morgan fingerprint density at radius 2 is 1.65 bits per heavy atom. The number of carboxylic acids is 1. The molecule has 0 saturated heterocycles. The first-order valence-electron chi connectivity index (χ1n) is 14.8. The Morgan fingerprint density at radius 1 is 0.917 bits per heavy atom. The monoisotopic (exact) mass is 655 g/mol. The van der Waals surface area contributed by atoms with E-state index in [2.05, 4.69) is 25.8 Å². The van der Waals surface area contributed by atoms with Gasteiger partial charge in [0.25, 0.3) is 5.89 Å². The molecule has 2 heterocycles. The van der Waals surface area contributed by atoms with Crippen LogP contribution in [0.2, 0.25) is 0 Å². The van der Waals surface area contributed by atoms with Crippen LogP contribution in [0.25, 0.3) is 34.0 Å². The van der Waals surface area contributed by atoms with E-state index in [0.29, 0.717) is 22.3 Å². The molecule has 3 N–H and O–H groups in total. The number of urea groups is 1. The van der Waals surface area contributed by atoms with E-state index in [1.165, 1.54) is 36.5 Å². The summed E-state index contributed by atoms with van der Waals surface area (Å²) in [4.78, 5) is 45.0. The van der Waals surface area contributed by atoms with Crippen LogP contribution in [0.4, 0.5) is 19.4 Å². The number of halogens is 2. The van der Waals surface area contributed by atoms with Crippen molar-refractivity contribution < 1.29 is 37.5 Å². The normalized spacial score (nSPS) is 11.9. The Hall–Kier alpha value is -5.98. The van der Waals surface area contributed by atoms with Crippen LogP contribution >= 0.6 is 0 Å². The van der Waals surface area contributed by atoms with Crippen molar-refractivity contribution in [3.8, 4) is 34.0 Å². The fraction of sp³-hybridized carbons (Fsp3) is 0.200. The van der Waals surface area contributed by atoms with Gasteiger partial charge in [-0.3, -0.25) is 10.1 Å². The van der Waals surface area contributed by atoms with Gasteiger partial charge >= 0.3 is 18.0 Å². The van der Waals surface area contributed by atoms with Gasteiger partial charge in [0.15, 0.2) is 0 Å². The number of aromatic nitrogens is 3. The predicted octanol–water partition coefficient (Wildman–Crippen LogP) is 6.45. The van der Waals surface area contributed by atoms with Gasteiger partial charge in [-0.2, -0.15) is 4.98 Å². The quantitative estimate of drug-likeness (QED) is 0.144. The number of benzene rings is 3. The molecule has 2 amide bonds. The second-order valence-electron chi connectivity index (χ2n) is 11.8. The molecule has 48 heavy (non-hydrogen) atoms. The number of anilines is 1. The van der Waals surface area contributed by atoms with Gasteiger partial charge in [0.05, 0.1) is 12.0 Å². The molecule has 11 nitrogen and oxygen atoms in total. The Labute approximate surface area is 274 Å². The number of carbonyl (C=O) groups excluding carboxylic acids is 2. The van der Waals surface area contributed by atoms with Crippen molar-refractivity contribution in [3.05, 3.63) is 108 Å². The highest BCUT2D eigenvalue weighted by atomic mass is 19.1. The number of hydrogen-bond donors (Lipinski definition) is 3. The van der Waals surface area contributed by atoms with E-state index in [4.69, 9.17) is 9.26 Å². The summed E-state index contributed by atoms with van der Waals surface area (Å²) in [7, 11) is 0. The molecule has 5 aromatic rings. The first-order chi connectivity index (χ1) is 22.8. The van der Waals surface area contributed by atoms with Crippen LogP contribution in [-0.4, -0.2) is 49.8 Å². The number of esters is 1.